The Kier molecular flexibility index (Phi) is 8.57. The summed E-state index contributed by atoms with van der Waals surface area (Å²) in [6.45, 7) is 11.4. The van der Waals surface area contributed by atoms with Crippen LogP contribution >= 0.6 is 0 Å². The van der Waals surface area contributed by atoms with Gasteiger partial charge in [0.15, 0.2) is 5.82 Å². The van der Waals surface area contributed by atoms with Crippen molar-refractivity contribution in [2.75, 3.05) is 23.7 Å². The van der Waals surface area contributed by atoms with E-state index in [1.54, 1.807) is 6.20 Å². The number of nitrogens with one attached hydrogen (secondary N) is 2. The quantitative estimate of drug-likeness (QED) is 0.444. The van der Waals surface area contributed by atoms with Crippen LogP contribution in [-0.4, -0.2) is 56.9 Å². The highest BCUT2D eigenvalue weighted by Crippen LogP contribution is 2.33. The molecule has 37 heavy (non-hydrogen) atoms. The number of rotatable bonds is 6. The van der Waals surface area contributed by atoms with E-state index in [0.717, 1.165) is 62.1 Å². The van der Waals surface area contributed by atoms with Crippen LogP contribution < -0.4 is 10.6 Å². The molecular formula is C29H43N5O3. The summed E-state index contributed by atoms with van der Waals surface area (Å²) in [5.74, 6) is 1.98. The molecule has 8 heteroatoms. The van der Waals surface area contributed by atoms with Crippen LogP contribution in [0.4, 0.5) is 22.1 Å². The number of aliphatic hydroxyl groups is 1. The molecule has 4 rings (SSSR count). The number of carbonyl (C=O) groups is 1. The number of aliphatic hydroxyl groups excluding tert-OH is 1. The van der Waals surface area contributed by atoms with Crippen LogP contribution in [0.2, 0.25) is 0 Å². The Morgan fingerprint density at radius 1 is 1.14 bits per heavy atom. The first-order chi connectivity index (χ1) is 17.6. The Balaban J connectivity index is 1.38. The standard InChI is InChI=1S/C29H43N5O3/c1-6-25-27(32-21-7-10-23(35)11-8-21)33-26(18-30-25)31-22-9-12-24(19(2)17-22)20-13-15-34(16-14-20)28(36)37-29(3,4)5/h9,12,17-18,20-21,23,35H,6-8,10-11,13-16H2,1-5H3,(H2,31,32,33). The monoisotopic (exact) mass is 509 g/mol. The Morgan fingerprint density at radius 3 is 2.46 bits per heavy atom. The topological polar surface area (TPSA) is 99.6 Å². The third-order valence-corrected chi connectivity index (χ3v) is 7.35. The first kappa shape index (κ1) is 27.2. The maximum Gasteiger partial charge on any atom is 0.410 e. The number of hydrogen-bond acceptors (Lipinski definition) is 7. The lowest BCUT2D eigenvalue weighted by Crippen LogP contribution is -2.41. The van der Waals surface area contributed by atoms with Crippen molar-refractivity contribution in [3.8, 4) is 0 Å². The summed E-state index contributed by atoms with van der Waals surface area (Å²) < 4.78 is 5.54. The highest BCUT2D eigenvalue weighted by molar-refractivity contribution is 5.68. The molecule has 3 N–H and O–H groups in total. The number of hydrogen-bond donors (Lipinski definition) is 3. The van der Waals surface area contributed by atoms with E-state index in [1.807, 2.05) is 25.7 Å². The van der Waals surface area contributed by atoms with Gasteiger partial charge in [-0.3, -0.25) is 4.98 Å². The van der Waals surface area contributed by atoms with Gasteiger partial charge in [-0.15, -0.1) is 0 Å². The fraction of sp³-hybridized carbons (Fsp3) is 0.621. The van der Waals surface area contributed by atoms with E-state index in [-0.39, 0.29) is 12.2 Å². The van der Waals surface area contributed by atoms with E-state index >= 15 is 0 Å². The molecule has 0 spiro atoms. The molecule has 2 aromatic rings. The van der Waals surface area contributed by atoms with Crippen molar-refractivity contribution in [1.29, 1.82) is 0 Å². The summed E-state index contributed by atoms with van der Waals surface area (Å²) in [5, 5.41) is 16.8. The van der Waals surface area contributed by atoms with Gasteiger partial charge in [0.2, 0.25) is 0 Å². The Bertz CT molecular complexity index is 1070. The molecule has 1 saturated heterocycles. The van der Waals surface area contributed by atoms with Gasteiger partial charge in [-0.1, -0.05) is 13.0 Å². The summed E-state index contributed by atoms with van der Waals surface area (Å²) in [7, 11) is 0. The number of aromatic nitrogens is 2. The van der Waals surface area contributed by atoms with E-state index in [0.29, 0.717) is 30.9 Å². The van der Waals surface area contributed by atoms with Crippen molar-refractivity contribution in [3.63, 3.8) is 0 Å². The van der Waals surface area contributed by atoms with E-state index < -0.39 is 5.60 Å². The molecule has 2 aliphatic rings. The molecule has 0 radical (unpaired) electrons. The molecule has 2 fully saturated rings. The summed E-state index contributed by atoms with van der Waals surface area (Å²) in [6, 6.07) is 6.79. The van der Waals surface area contributed by atoms with E-state index in [2.05, 4.69) is 47.7 Å². The number of amides is 1. The fourth-order valence-electron chi connectivity index (χ4n) is 5.32. The molecule has 1 aliphatic carbocycles. The SMILES string of the molecule is CCc1ncc(Nc2ccc(C3CCN(C(=O)OC(C)(C)C)CC3)c(C)c2)nc1NC1CCC(O)CC1. The van der Waals surface area contributed by atoms with Crippen LogP contribution in [0.3, 0.4) is 0 Å². The summed E-state index contributed by atoms with van der Waals surface area (Å²) in [4.78, 5) is 23.7. The van der Waals surface area contributed by atoms with Crippen molar-refractivity contribution in [2.24, 2.45) is 0 Å². The number of ether oxygens (including phenoxy) is 1. The number of aryl methyl sites for hydroxylation is 2. The number of anilines is 3. The van der Waals surface area contributed by atoms with Crippen molar-refractivity contribution in [1.82, 2.24) is 14.9 Å². The predicted octanol–water partition coefficient (Wildman–Crippen LogP) is 5.92. The molecule has 0 unspecified atom stereocenters. The third-order valence-electron chi connectivity index (χ3n) is 7.35. The Labute approximate surface area is 221 Å². The van der Waals surface area contributed by atoms with Gasteiger partial charge in [0.1, 0.15) is 11.4 Å². The van der Waals surface area contributed by atoms with Gasteiger partial charge in [-0.2, -0.15) is 0 Å². The molecule has 0 atom stereocenters. The highest BCUT2D eigenvalue weighted by atomic mass is 16.6. The van der Waals surface area contributed by atoms with Crippen LogP contribution in [0.25, 0.3) is 0 Å². The van der Waals surface area contributed by atoms with Crippen LogP contribution in [0.1, 0.15) is 89.0 Å². The fourth-order valence-corrected chi connectivity index (χ4v) is 5.32. The molecule has 8 nitrogen and oxygen atoms in total. The molecule has 1 aliphatic heterocycles. The minimum Gasteiger partial charge on any atom is -0.444 e. The second-order valence-corrected chi connectivity index (χ2v) is 11.5. The van der Waals surface area contributed by atoms with Gasteiger partial charge in [0.05, 0.1) is 18.0 Å². The van der Waals surface area contributed by atoms with E-state index in [9.17, 15) is 9.90 Å². The molecule has 1 aromatic heterocycles. The molecule has 1 amide bonds. The number of nitrogens with zero attached hydrogens (tertiary/aromatic N) is 3. The van der Waals surface area contributed by atoms with Crippen LogP contribution in [0, 0.1) is 6.92 Å². The second kappa shape index (κ2) is 11.7. The second-order valence-electron chi connectivity index (χ2n) is 11.5. The largest absolute Gasteiger partial charge is 0.444 e. The number of carbonyl (C=O) groups excluding carboxylic acids is 1. The zero-order valence-corrected chi connectivity index (χ0v) is 23.0. The summed E-state index contributed by atoms with van der Waals surface area (Å²) in [6.07, 6.45) is 7.64. The molecule has 1 saturated carbocycles. The number of benzene rings is 1. The first-order valence-electron chi connectivity index (χ1n) is 13.8. The van der Waals surface area contributed by atoms with Gasteiger partial charge in [-0.05, 0) is 102 Å². The predicted molar refractivity (Wildman–Crippen MR) is 148 cm³/mol. The van der Waals surface area contributed by atoms with Gasteiger partial charge < -0.3 is 25.4 Å². The van der Waals surface area contributed by atoms with Crippen molar-refractivity contribution < 1.29 is 14.6 Å². The molecule has 2 heterocycles. The lowest BCUT2D eigenvalue weighted by atomic mass is 9.87. The van der Waals surface area contributed by atoms with Gasteiger partial charge in [-0.25, -0.2) is 9.78 Å². The summed E-state index contributed by atoms with van der Waals surface area (Å²) in [5.41, 5.74) is 4.05. The van der Waals surface area contributed by atoms with Gasteiger partial charge in [0, 0.05) is 24.8 Å². The zero-order valence-electron chi connectivity index (χ0n) is 23.0. The normalized spacial score (nSPS) is 21.0. The maximum atomic E-state index is 12.4. The third kappa shape index (κ3) is 7.34. The average Bonchev–Trinajstić information content (AvgIpc) is 2.85. The van der Waals surface area contributed by atoms with Crippen molar-refractivity contribution >= 4 is 23.4 Å². The van der Waals surface area contributed by atoms with Gasteiger partial charge in [0.25, 0.3) is 0 Å². The van der Waals surface area contributed by atoms with Gasteiger partial charge >= 0.3 is 6.09 Å². The molecule has 1 aromatic carbocycles. The van der Waals surface area contributed by atoms with Crippen LogP contribution in [-0.2, 0) is 11.2 Å². The smallest absolute Gasteiger partial charge is 0.410 e. The highest BCUT2D eigenvalue weighted by Gasteiger charge is 2.28. The summed E-state index contributed by atoms with van der Waals surface area (Å²) >= 11 is 0. The molecular weight excluding hydrogens is 466 g/mol. The van der Waals surface area contributed by atoms with Crippen molar-refractivity contribution in [3.05, 3.63) is 41.2 Å². The first-order valence-corrected chi connectivity index (χ1v) is 13.8. The maximum absolute atomic E-state index is 12.4. The lowest BCUT2D eigenvalue weighted by Gasteiger charge is -2.34. The van der Waals surface area contributed by atoms with E-state index in [1.165, 1.54) is 11.1 Å². The zero-order chi connectivity index (χ0) is 26.6. The Morgan fingerprint density at radius 2 is 1.84 bits per heavy atom. The van der Waals surface area contributed by atoms with Crippen LogP contribution in [0.15, 0.2) is 24.4 Å². The average molecular weight is 510 g/mol. The molecule has 0 bridgehead atoms. The minimum absolute atomic E-state index is 0.175. The van der Waals surface area contributed by atoms with Crippen LogP contribution in [0.5, 0.6) is 0 Å². The van der Waals surface area contributed by atoms with E-state index in [4.69, 9.17) is 9.72 Å². The minimum atomic E-state index is -0.467. The lowest BCUT2D eigenvalue weighted by molar-refractivity contribution is 0.0204. The molecule has 202 valence electrons. The number of likely N-dealkylation sites (tertiary alicyclic amines) is 1. The number of piperidine rings is 1. The van der Waals surface area contributed by atoms with Crippen molar-refractivity contribution in [2.45, 2.75) is 103 Å². The Hall–Kier alpha value is -2.87.